The minimum Gasteiger partial charge on any atom is -0.465 e. The predicted octanol–water partition coefficient (Wildman–Crippen LogP) is 1.74. The van der Waals surface area contributed by atoms with Crippen molar-refractivity contribution in [3.8, 4) is 0 Å². The third kappa shape index (κ3) is 2.28. The fraction of sp³-hybridized carbons (Fsp3) is 0.200. The summed E-state index contributed by atoms with van der Waals surface area (Å²) in [4.78, 5) is 52.2. The van der Waals surface area contributed by atoms with Gasteiger partial charge in [0.2, 0.25) is 5.91 Å². The number of hydrogen-bond donors (Lipinski definition) is 1. The lowest BCUT2D eigenvalue weighted by molar-refractivity contribution is -0.153. The second-order valence-corrected chi connectivity index (χ2v) is 6.37. The zero-order valence-corrected chi connectivity index (χ0v) is 14.5. The van der Waals surface area contributed by atoms with Crippen LogP contribution >= 0.6 is 0 Å². The number of ether oxygens (including phenoxy) is 1. The Bertz CT molecular complexity index is 964. The number of esters is 1. The maximum absolute atomic E-state index is 12.9. The van der Waals surface area contributed by atoms with E-state index in [4.69, 9.17) is 4.74 Å². The van der Waals surface area contributed by atoms with E-state index in [0.717, 1.165) is 4.90 Å². The van der Waals surface area contributed by atoms with Crippen LogP contribution in [0.4, 0.5) is 5.69 Å². The maximum atomic E-state index is 12.9. The molecule has 0 spiro atoms. The van der Waals surface area contributed by atoms with Crippen LogP contribution in [0.2, 0.25) is 0 Å². The fourth-order valence-electron chi connectivity index (χ4n) is 3.61. The zero-order chi connectivity index (χ0) is 19.2. The molecule has 0 aliphatic carbocycles. The van der Waals surface area contributed by atoms with E-state index >= 15 is 0 Å². The van der Waals surface area contributed by atoms with E-state index in [0.29, 0.717) is 11.3 Å². The highest BCUT2D eigenvalue weighted by Crippen LogP contribution is 2.41. The zero-order valence-electron chi connectivity index (χ0n) is 14.5. The van der Waals surface area contributed by atoms with E-state index in [1.807, 2.05) is 0 Å². The van der Waals surface area contributed by atoms with E-state index in [-0.39, 0.29) is 17.7 Å². The third-order valence-electron chi connectivity index (χ3n) is 4.92. The minimum absolute atomic E-state index is 0.0676. The van der Waals surface area contributed by atoms with Crippen LogP contribution in [0.1, 0.15) is 33.2 Å². The maximum Gasteiger partial charge on any atom is 0.328 e. The molecule has 1 atom stereocenters. The highest BCUT2D eigenvalue weighted by atomic mass is 16.5. The van der Waals surface area contributed by atoms with Crippen LogP contribution in [0.5, 0.6) is 0 Å². The first-order chi connectivity index (χ1) is 13.0. The number of amides is 3. The van der Waals surface area contributed by atoms with Crippen molar-refractivity contribution in [3.05, 3.63) is 65.2 Å². The molecule has 1 N–H and O–H groups in total. The van der Waals surface area contributed by atoms with E-state index in [9.17, 15) is 19.2 Å². The molecule has 0 saturated heterocycles. The van der Waals surface area contributed by atoms with Crippen molar-refractivity contribution in [3.63, 3.8) is 0 Å². The largest absolute Gasteiger partial charge is 0.465 e. The summed E-state index contributed by atoms with van der Waals surface area (Å²) in [6.45, 7) is 1.28. The van der Waals surface area contributed by atoms with Gasteiger partial charge in [0, 0.05) is 11.3 Å². The molecule has 0 aromatic heterocycles. The smallest absolute Gasteiger partial charge is 0.328 e. The summed E-state index contributed by atoms with van der Waals surface area (Å²) in [6.07, 6.45) is 0. The number of para-hydroxylation sites is 1. The Hall–Kier alpha value is -3.48. The number of carbonyl (C=O) groups excluding carboxylic acids is 4. The summed E-state index contributed by atoms with van der Waals surface area (Å²) in [5.41, 5.74) is -0.418. The molecule has 2 aromatic carbocycles. The summed E-state index contributed by atoms with van der Waals surface area (Å²) in [6, 6.07) is 13.1. The summed E-state index contributed by atoms with van der Waals surface area (Å²) in [5.74, 6) is -2.46. The molecule has 0 saturated carbocycles. The average molecular weight is 364 g/mol. The SMILES string of the molecule is CCOC(=O)[C@@]1(CN2C(=O)c3ccccc3C2=O)C(=O)Nc2ccccc21. The molecule has 27 heavy (non-hydrogen) atoms. The second kappa shape index (κ2) is 6.05. The number of imide groups is 1. The molecule has 2 aliphatic rings. The van der Waals surface area contributed by atoms with Gasteiger partial charge in [0.15, 0.2) is 5.41 Å². The summed E-state index contributed by atoms with van der Waals surface area (Å²) in [5, 5.41) is 2.66. The van der Waals surface area contributed by atoms with Crippen LogP contribution in [0.3, 0.4) is 0 Å². The number of anilines is 1. The molecule has 0 bridgehead atoms. The average Bonchev–Trinajstić information content (AvgIpc) is 3.09. The molecule has 7 nitrogen and oxygen atoms in total. The van der Waals surface area contributed by atoms with Gasteiger partial charge in [-0.05, 0) is 25.1 Å². The van der Waals surface area contributed by atoms with Crippen LogP contribution in [0.15, 0.2) is 48.5 Å². The van der Waals surface area contributed by atoms with Crippen LogP contribution in [0.25, 0.3) is 0 Å². The number of nitrogens with one attached hydrogen (secondary N) is 1. The molecule has 136 valence electrons. The first-order valence-electron chi connectivity index (χ1n) is 8.54. The summed E-state index contributed by atoms with van der Waals surface area (Å²) in [7, 11) is 0. The van der Waals surface area contributed by atoms with Gasteiger partial charge in [-0.15, -0.1) is 0 Å². The monoisotopic (exact) mass is 364 g/mol. The van der Waals surface area contributed by atoms with Gasteiger partial charge in [0.05, 0.1) is 24.3 Å². The Kier molecular flexibility index (Phi) is 3.80. The van der Waals surface area contributed by atoms with Gasteiger partial charge in [0.1, 0.15) is 0 Å². The molecular formula is C20H16N2O5. The van der Waals surface area contributed by atoms with Crippen LogP contribution in [-0.4, -0.2) is 41.7 Å². The van der Waals surface area contributed by atoms with Gasteiger partial charge in [0.25, 0.3) is 11.8 Å². The lowest BCUT2D eigenvalue weighted by Crippen LogP contribution is -2.53. The molecule has 2 aromatic rings. The topological polar surface area (TPSA) is 92.8 Å². The van der Waals surface area contributed by atoms with Gasteiger partial charge in [-0.2, -0.15) is 0 Å². The Morgan fingerprint density at radius 2 is 1.59 bits per heavy atom. The van der Waals surface area contributed by atoms with Gasteiger partial charge in [-0.1, -0.05) is 30.3 Å². The van der Waals surface area contributed by atoms with Gasteiger partial charge in [-0.3, -0.25) is 24.1 Å². The molecule has 7 heteroatoms. The Labute approximate surface area is 154 Å². The lowest BCUT2D eigenvalue weighted by atomic mass is 9.81. The van der Waals surface area contributed by atoms with Crippen molar-refractivity contribution in [2.75, 3.05) is 18.5 Å². The van der Waals surface area contributed by atoms with Gasteiger partial charge >= 0.3 is 5.97 Å². The van der Waals surface area contributed by atoms with Crippen molar-refractivity contribution < 1.29 is 23.9 Å². The first-order valence-corrected chi connectivity index (χ1v) is 8.54. The van der Waals surface area contributed by atoms with E-state index in [1.165, 1.54) is 0 Å². The van der Waals surface area contributed by atoms with Gasteiger partial charge < -0.3 is 10.1 Å². The number of nitrogens with zero attached hydrogens (tertiary/aromatic N) is 1. The Balaban J connectivity index is 1.81. The molecule has 4 rings (SSSR count). The number of carbonyl (C=O) groups is 4. The molecule has 0 unspecified atom stereocenters. The molecule has 3 amide bonds. The highest BCUT2D eigenvalue weighted by Gasteiger charge is 2.57. The van der Waals surface area contributed by atoms with E-state index in [2.05, 4.69) is 5.32 Å². The van der Waals surface area contributed by atoms with Crippen molar-refractivity contribution in [2.24, 2.45) is 0 Å². The fourth-order valence-corrected chi connectivity index (χ4v) is 3.61. The quantitative estimate of drug-likeness (QED) is 0.507. The number of fused-ring (bicyclic) bond motifs is 2. The summed E-state index contributed by atoms with van der Waals surface area (Å²) < 4.78 is 5.17. The van der Waals surface area contributed by atoms with E-state index < -0.39 is 35.7 Å². The Morgan fingerprint density at radius 1 is 1.00 bits per heavy atom. The van der Waals surface area contributed by atoms with Crippen LogP contribution in [0, 0.1) is 0 Å². The Morgan fingerprint density at radius 3 is 2.22 bits per heavy atom. The number of hydrogen-bond acceptors (Lipinski definition) is 5. The molecule has 2 aliphatic heterocycles. The van der Waals surface area contributed by atoms with Crippen molar-refractivity contribution in [2.45, 2.75) is 12.3 Å². The summed E-state index contributed by atoms with van der Waals surface area (Å²) >= 11 is 0. The van der Waals surface area contributed by atoms with Crippen molar-refractivity contribution in [1.29, 1.82) is 0 Å². The normalized spacial score (nSPS) is 20.3. The molecular weight excluding hydrogens is 348 g/mol. The molecule has 0 radical (unpaired) electrons. The molecule has 2 heterocycles. The van der Waals surface area contributed by atoms with E-state index in [1.54, 1.807) is 55.5 Å². The van der Waals surface area contributed by atoms with Crippen molar-refractivity contribution >= 4 is 29.4 Å². The standard InChI is InChI=1S/C20H16N2O5/c1-2-27-19(26)20(14-9-5-6-10-15(14)21-18(20)25)11-22-16(23)12-7-3-4-8-13(12)17(22)24/h3-10H,2,11H2,1H3,(H,21,25)/t20-/m1/s1. The highest BCUT2D eigenvalue weighted by molar-refractivity contribution is 6.24. The number of benzene rings is 2. The van der Waals surface area contributed by atoms with Gasteiger partial charge in [-0.25, -0.2) is 0 Å². The van der Waals surface area contributed by atoms with Crippen LogP contribution < -0.4 is 5.32 Å². The lowest BCUT2D eigenvalue weighted by Gasteiger charge is -2.29. The molecule has 0 fully saturated rings. The first kappa shape index (κ1) is 17.0. The van der Waals surface area contributed by atoms with Crippen molar-refractivity contribution in [1.82, 2.24) is 4.90 Å². The third-order valence-corrected chi connectivity index (χ3v) is 4.92. The number of rotatable bonds is 4. The second-order valence-electron chi connectivity index (χ2n) is 6.37. The minimum atomic E-state index is -1.79. The predicted molar refractivity (Wildman–Crippen MR) is 95.2 cm³/mol. The van der Waals surface area contributed by atoms with Crippen LogP contribution in [-0.2, 0) is 19.7 Å².